The molecule has 0 heterocycles. The second-order valence-electron chi connectivity index (χ2n) is 6.06. The van der Waals surface area contributed by atoms with Crippen LogP contribution in [0, 0.1) is 6.92 Å². The molecule has 2 aromatic carbocycles. The van der Waals surface area contributed by atoms with Gasteiger partial charge >= 0.3 is 6.03 Å². The number of urea groups is 1. The molecule has 6 heteroatoms. The minimum absolute atomic E-state index is 0.0486. The van der Waals surface area contributed by atoms with Crippen LogP contribution in [0.15, 0.2) is 46.9 Å². The van der Waals surface area contributed by atoms with E-state index in [4.69, 9.17) is 4.74 Å². The van der Waals surface area contributed by atoms with Gasteiger partial charge in [-0.25, -0.2) is 4.79 Å². The zero-order chi connectivity index (χ0) is 18.4. The van der Waals surface area contributed by atoms with Crippen LogP contribution in [0.25, 0.3) is 0 Å². The highest BCUT2D eigenvalue weighted by molar-refractivity contribution is 9.10. The fourth-order valence-electron chi connectivity index (χ4n) is 2.53. The van der Waals surface area contributed by atoms with Gasteiger partial charge < -0.3 is 20.3 Å². The first-order chi connectivity index (χ1) is 11.9. The van der Waals surface area contributed by atoms with Crippen LogP contribution in [-0.2, 0) is 0 Å². The maximum Gasteiger partial charge on any atom is 0.319 e. The van der Waals surface area contributed by atoms with E-state index in [0.29, 0.717) is 6.54 Å². The van der Waals surface area contributed by atoms with Crippen molar-refractivity contribution in [3.8, 4) is 5.75 Å². The predicted molar refractivity (Wildman–Crippen MR) is 105 cm³/mol. The minimum Gasteiger partial charge on any atom is -0.497 e. The lowest BCUT2D eigenvalue weighted by atomic mass is 10.1. The van der Waals surface area contributed by atoms with Crippen molar-refractivity contribution in [1.82, 2.24) is 10.2 Å². The van der Waals surface area contributed by atoms with Gasteiger partial charge in [-0.2, -0.15) is 0 Å². The van der Waals surface area contributed by atoms with E-state index >= 15 is 0 Å². The summed E-state index contributed by atoms with van der Waals surface area (Å²) in [6.45, 7) is 2.47. The molecule has 0 aliphatic carbocycles. The Morgan fingerprint density at radius 1 is 1.24 bits per heavy atom. The van der Waals surface area contributed by atoms with Gasteiger partial charge in [0.2, 0.25) is 0 Å². The highest BCUT2D eigenvalue weighted by atomic mass is 79.9. The maximum atomic E-state index is 12.2. The number of aryl methyl sites for hydroxylation is 1. The smallest absolute Gasteiger partial charge is 0.319 e. The number of methoxy groups -OCH3 is 1. The van der Waals surface area contributed by atoms with E-state index in [1.165, 1.54) is 0 Å². The Morgan fingerprint density at radius 2 is 2.00 bits per heavy atom. The quantitative estimate of drug-likeness (QED) is 0.757. The summed E-state index contributed by atoms with van der Waals surface area (Å²) in [5.41, 5.74) is 2.92. The lowest BCUT2D eigenvalue weighted by molar-refractivity contribution is 0.243. The Morgan fingerprint density at radius 3 is 2.64 bits per heavy atom. The molecule has 0 spiro atoms. The van der Waals surface area contributed by atoms with Crippen molar-refractivity contribution in [2.45, 2.75) is 13.0 Å². The number of anilines is 1. The van der Waals surface area contributed by atoms with E-state index in [1.807, 2.05) is 63.5 Å². The van der Waals surface area contributed by atoms with Gasteiger partial charge in [-0.1, -0.05) is 28.1 Å². The summed E-state index contributed by atoms with van der Waals surface area (Å²) in [5, 5.41) is 5.80. The van der Waals surface area contributed by atoms with Crippen molar-refractivity contribution in [2.75, 3.05) is 33.1 Å². The number of halogens is 1. The highest BCUT2D eigenvalue weighted by Gasteiger charge is 2.16. The third-order valence-electron chi connectivity index (χ3n) is 3.97. The standard InChI is InChI=1S/C19H24BrN3O2/c1-13-10-15(8-9-17(13)20)22-19(24)21-12-18(23(2)3)14-6-5-7-16(11-14)25-4/h5-11,18H,12H2,1-4H3,(H2,21,22,24). The van der Waals surface area contributed by atoms with Crippen LogP contribution >= 0.6 is 15.9 Å². The van der Waals surface area contributed by atoms with Gasteiger partial charge in [0.25, 0.3) is 0 Å². The third-order valence-corrected chi connectivity index (χ3v) is 4.86. The van der Waals surface area contributed by atoms with Crippen LogP contribution in [0.4, 0.5) is 10.5 Å². The molecule has 0 aliphatic heterocycles. The largest absolute Gasteiger partial charge is 0.497 e. The molecule has 2 N–H and O–H groups in total. The van der Waals surface area contributed by atoms with Crippen molar-refractivity contribution in [2.24, 2.45) is 0 Å². The Bertz CT molecular complexity index is 734. The first-order valence-electron chi connectivity index (χ1n) is 8.02. The molecular weight excluding hydrogens is 382 g/mol. The molecule has 1 atom stereocenters. The molecule has 2 amide bonds. The molecule has 0 aliphatic rings. The van der Waals surface area contributed by atoms with Gasteiger partial charge in [-0.3, -0.25) is 0 Å². The predicted octanol–water partition coefficient (Wildman–Crippen LogP) is 4.19. The molecule has 2 rings (SSSR count). The number of ether oxygens (including phenoxy) is 1. The van der Waals surface area contributed by atoms with Gasteiger partial charge in [0, 0.05) is 16.7 Å². The fourth-order valence-corrected chi connectivity index (χ4v) is 2.78. The number of likely N-dealkylation sites (N-methyl/N-ethyl adjacent to an activating group) is 1. The van der Waals surface area contributed by atoms with Crippen LogP contribution in [0.5, 0.6) is 5.75 Å². The number of hydrogen-bond donors (Lipinski definition) is 2. The van der Waals surface area contributed by atoms with Crippen LogP contribution in [0.1, 0.15) is 17.2 Å². The van der Waals surface area contributed by atoms with E-state index in [1.54, 1.807) is 7.11 Å². The Hall–Kier alpha value is -2.05. The molecule has 0 saturated carbocycles. The SMILES string of the molecule is COc1cccc(C(CNC(=O)Nc2ccc(Br)c(C)c2)N(C)C)c1. The molecule has 1 unspecified atom stereocenters. The summed E-state index contributed by atoms with van der Waals surface area (Å²) in [6, 6.07) is 13.4. The van der Waals surface area contributed by atoms with Gasteiger partial charge in [0.1, 0.15) is 5.75 Å². The molecule has 0 saturated heterocycles. The summed E-state index contributed by atoms with van der Waals surface area (Å²) < 4.78 is 6.31. The van der Waals surface area contributed by atoms with Crippen molar-refractivity contribution in [3.63, 3.8) is 0 Å². The van der Waals surface area contributed by atoms with E-state index in [0.717, 1.165) is 27.0 Å². The Balaban J connectivity index is 2.00. The maximum absolute atomic E-state index is 12.2. The van der Waals surface area contributed by atoms with Crippen molar-refractivity contribution in [1.29, 1.82) is 0 Å². The number of benzene rings is 2. The summed E-state index contributed by atoms with van der Waals surface area (Å²) in [4.78, 5) is 14.3. The van der Waals surface area contributed by atoms with E-state index in [9.17, 15) is 4.79 Å². The minimum atomic E-state index is -0.225. The number of nitrogens with zero attached hydrogens (tertiary/aromatic N) is 1. The van der Waals surface area contributed by atoms with Crippen molar-refractivity contribution >= 4 is 27.6 Å². The third kappa shape index (κ3) is 5.47. The number of carbonyl (C=O) groups excluding carboxylic acids is 1. The molecule has 0 bridgehead atoms. The zero-order valence-electron chi connectivity index (χ0n) is 15.0. The van der Waals surface area contributed by atoms with Crippen molar-refractivity contribution < 1.29 is 9.53 Å². The zero-order valence-corrected chi connectivity index (χ0v) is 16.6. The highest BCUT2D eigenvalue weighted by Crippen LogP contribution is 2.22. The average molecular weight is 406 g/mol. The van der Waals surface area contributed by atoms with Crippen LogP contribution in [-0.4, -0.2) is 38.7 Å². The van der Waals surface area contributed by atoms with E-state index < -0.39 is 0 Å². The summed E-state index contributed by atoms with van der Waals surface area (Å²) in [5.74, 6) is 0.805. The number of hydrogen-bond acceptors (Lipinski definition) is 3. The molecule has 0 radical (unpaired) electrons. The van der Waals surface area contributed by atoms with Gasteiger partial charge in [-0.15, -0.1) is 0 Å². The van der Waals surface area contributed by atoms with Gasteiger partial charge in [-0.05, 0) is 62.5 Å². The molecule has 2 aromatic rings. The summed E-state index contributed by atoms with van der Waals surface area (Å²) in [6.07, 6.45) is 0. The molecule has 25 heavy (non-hydrogen) atoms. The van der Waals surface area contributed by atoms with E-state index in [2.05, 4.69) is 31.5 Å². The summed E-state index contributed by atoms with van der Waals surface area (Å²) in [7, 11) is 5.62. The number of rotatable bonds is 6. The number of carbonyl (C=O) groups is 1. The Labute approximate surface area is 157 Å². The lowest BCUT2D eigenvalue weighted by Crippen LogP contribution is -2.36. The molecule has 0 fully saturated rings. The second kappa shape index (κ2) is 8.87. The monoisotopic (exact) mass is 405 g/mol. The van der Waals surface area contributed by atoms with Crippen molar-refractivity contribution in [3.05, 3.63) is 58.1 Å². The number of nitrogens with one attached hydrogen (secondary N) is 2. The first kappa shape index (κ1) is 19.3. The summed E-state index contributed by atoms with van der Waals surface area (Å²) >= 11 is 3.45. The van der Waals surface area contributed by atoms with Gasteiger partial charge in [0.15, 0.2) is 0 Å². The lowest BCUT2D eigenvalue weighted by Gasteiger charge is -2.25. The molecular formula is C19H24BrN3O2. The normalized spacial score (nSPS) is 11.9. The Kier molecular flexibility index (Phi) is 6.84. The second-order valence-corrected chi connectivity index (χ2v) is 6.91. The van der Waals surface area contributed by atoms with E-state index in [-0.39, 0.29) is 12.1 Å². The molecule has 5 nitrogen and oxygen atoms in total. The van der Waals surface area contributed by atoms with Crippen LogP contribution < -0.4 is 15.4 Å². The molecule has 134 valence electrons. The topological polar surface area (TPSA) is 53.6 Å². The molecule has 0 aromatic heterocycles. The van der Waals surface area contributed by atoms with Crippen LogP contribution in [0.3, 0.4) is 0 Å². The number of amides is 2. The average Bonchev–Trinajstić information content (AvgIpc) is 2.58. The van der Waals surface area contributed by atoms with Gasteiger partial charge in [0.05, 0.1) is 13.2 Å². The fraction of sp³-hybridized carbons (Fsp3) is 0.316. The first-order valence-corrected chi connectivity index (χ1v) is 8.81. The van der Waals surface area contributed by atoms with Crippen LogP contribution in [0.2, 0.25) is 0 Å².